The summed E-state index contributed by atoms with van der Waals surface area (Å²) in [5.41, 5.74) is 6.21. The highest BCUT2D eigenvalue weighted by Gasteiger charge is 2.14. The van der Waals surface area contributed by atoms with Gasteiger partial charge in [-0.05, 0) is 41.8 Å². The summed E-state index contributed by atoms with van der Waals surface area (Å²) in [5.74, 6) is 5.66. The molecule has 2 rings (SSSR count). The second kappa shape index (κ2) is 5.40. The van der Waals surface area contributed by atoms with E-state index in [0.29, 0.717) is 0 Å². The van der Waals surface area contributed by atoms with Gasteiger partial charge in [-0.1, -0.05) is 28.1 Å². The zero-order valence-electron chi connectivity index (χ0n) is 9.52. The summed E-state index contributed by atoms with van der Waals surface area (Å²) in [6.07, 6.45) is 3.63. The van der Waals surface area contributed by atoms with Crippen molar-refractivity contribution in [1.82, 2.24) is 10.4 Å². The maximum Gasteiger partial charge on any atom is 0.0727 e. The van der Waals surface area contributed by atoms with Gasteiger partial charge in [0.25, 0.3) is 0 Å². The molecule has 1 aromatic heterocycles. The first-order valence-electron chi connectivity index (χ1n) is 5.34. The van der Waals surface area contributed by atoms with Gasteiger partial charge in [-0.15, -0.1) is 0 Å². The van der Waals surface area contributed by atoms with Gasteiger partial charge in [0.15, 0.2) is 0 Å². The van der Waals surface area contributed by atoms with Crippen LogP contribution in [0.4, 0.5) is 0 Å². The van der Waals surface area contributed by atoms with Crippen LogP contribution in [0.25, 0.3) is 0 Å². The zero-order valence-corrected chi connectivity index (χ0v) is 11.1. The Morgan fingerprint density at radius 3 is 2.82 bits per heavy atom. The summed E-state index contributed by atoms with van der Waals surface area (Å²) in [5, 5.41) is 0. The van der Waals surface area contributed by atoms with Crippen LogP contribution in [-0.4, -0.2) is 4.98 Å². The third kappa shape index (κ3) is 2.72. The molecule has 1 atom stereocenters. The van der Waals surface area contributed by atoms with Crippen LogP contribution in [0.15, 0.2) is 47.2 Å². The van der Waals surface area contributed by atoms with Crippen molar-refractivity contribution in [2.75, 3.05) is 0 Å². The number of halogens is 1. The minimum absolute atomic E-state index is 0.0406. The molecule has 0 spiro atoms. The molecule has 0 bridgehead atoms. The second-order valence-electron chi connectivity index (χ2n) is 3.89. The first kappa shape index (κ1) is 12.2. The van der Waals surface area contributed by atoms with Crippen LogP contribution in [0, 0.1) is 6.92 Å². The number of hydrazine groups is 1. The van der Waals surface area contributed by atoms with Crippen molar-refractivity contribution in [2.45, 2.75) is 13.0 Å². The molecule has 1 heterocycles. The Kier molecular flexibility index (Phi) is 3.89. The molecule has 0 saturated carbocycles. The Bertz CT molecular complexity index is 514. The van der Waals surface area contributed by atoms with Crippen molar-refractivity contribution in [3.8, 4) is 0 Å². The summed E-state index contributed by atoms with van der Waals surface area (Å²) in [7, 11) is 0. The van der Waals surface area contributed by atoms with Gasteiger partial charge in [0.2, 0.25) is 0 Å². The van der Waals surface area contributed by atoms with E-state index in [1.807, 2.05) is 30.5 Å². The van der Waals surface area contributed by atoms with Crippen molar-refractivity contribution in [1.29, 1.82) is 0 Å². The van der Waals surface area contributed by atoms with Crippen LogP contribution in [0.2, 0.25) is 0 Å². The summed E-state index contributed by atoms with van der Waals surface area (Å²) in [4.78, 5) is 4.16. The Morgan fingerprint density at radius 1 is 1.35 bits per heavy atom. The average molecular weight is 292 g/mol. The number of nitrogens with one attached hydrogen (secondary N) is 1. The van der Waals surface area contributed by atoms with Gasteiger partial charge in [-0.2, -0.15) is 0 Å². The lowest BCUT2D eigenvalue weighted by Crippen LogP contribution is -2.29. The standard InChI is InChI=1S/C13H14BrN3/c1-9-5-6-16-8-12(9)13(17-15)10-3-2-4-11(14)7-10/h2-8,13,17H,15H2,1H3. The van der Waals surface area contributed by atoms with E-state index in [-0.39, 0.29) is 6.04 Å². The number of aryl methyl sites for hydroxylation is 1. The van der Waals surface area contributed by atoms with Gasteiger partial charge >= 0.3 is 0 Å². The Morgan fingerprint density at radius 2 is 2.18 bits per heavy atom. The van der Waals surface area contributed by atoms with Gasteiger partial charge < -0.3 is 0 Å². The largest absolute Gasteiger partial charge is 0.271 e. The second-order valence-corrected chi connectivity index (χ2v) is 4.80. The molecule has 17 heavy (non-hydrogen) atoms. The van der Waals surface area contributed by atoms with E-state index in [9.17, 15) is 0 Å². The van der Waals surface area contributed by atoms with Crippen LogP contribution in [-0.2, 0) is 0 Å². The third-order valence-corrected chi connectivity index (χ3v) is 3.23. The highest BCUT2D eigenvalue weighted by atomic mass is 79.9. The molecule has 0 fully saturated rings. The smallest absolute Gasteiger partial charge is 0.0727 e. The zero-order chi connectivity index (χ0) is 12.3. The lowest BCUT2D eigenvalue weighted by Gasteiger charge is -2.18. The minimum Gasteiger partial charge on any atom is -0.271 e. The van der Waals surface area contributed by atoms with Crippen molar-refractivity contribution in [3.63, 3.8) is 0 Å². The molecular formula is C13H14BrN3. The first-order valence-corrected chi connectivity index (χ1v) is 6.14. The molecule has 2 aromatic rings. The summed E-state index contributed by atoms with van der Waals surface area (Å²) in [6.45, 7) is 2.05. The van der Waals surface area contributed by atoms with Gasteiger partial charge in [-0.25, -0.2) is 5.43 Å². The highest BCUT2D eigenvalue weighted by Crippen LogP contribution is 2.25. The molecule has 0 aliphatic carbocycles. The predicted octanol–water partition coefficient (Wildman–Crippen LogP) is 2.71. The van der Waals surface area contributed by atoms with E-state index in [4.69, 9.17) is 5.84 Å². The lowest BCUT2D eigenvalue weighted by molar-refractivity contribution is 0.631. The number of pyridine rings is 1. The molecule has 0 amide bonds. The predicted molar refractivity (Wildman–Crippen MR) is 72.3 cm³/mol. The fourth-order valence-corrected chi connectivity index (χ4v) is 2.25. The maximum absolute atomic E-state index is 5.66. The molecule has 0 aliphatic heterocycles. The molecule has 4 heteroatoms. The van der Waals surface area contributed by atoms with E-state index < -0.39 is 0 Å². The van der Waals surface area contributed by atoms with Crippen LogP contribution in [0.3, 0.4) is 0 Å². The van der Waals surface area contributed by atoms with Crippen molar-refractivity contribution in [2.24, 2.45) is 5.84 Å². The number of rotatable bonds is 3. The van der Waals surface area contributed by atoms with Crippen molar-refractivity contribution >= 4 is 15.9 Å². The molecule has 0 aliphatic rings. The van der Waals surface area contributed by atoms with E-state index in [2.05, 4.69) is 39.3 Å². The average Bonchev–Trinajstić information content (AvgIpc) is 2.33. The lowest BCUT2D eigenvalue weighted by atomic mass is 9.97. The quantitative estimate of drug-likeness (QED) is 0.675. The summed E-state index contributed by atoms with van der Waals surface area (Å²) in [6, 6.07) is 10.0. The number of aromatic nitrogens is 1. The number of benzene rings is 1. The normalized spacial score (nSPS) is 12.4. The van der Waals surface area contributed by atoms with E-state index in [1.165, 1.54) is 5.56 Å². The van der Waals surface area contributed by atoms with Crippen LogP contribution in [0.1, 0.15) is 22.7 Å². The minimum atomic E-state index is -0.0406. The fraction of sp³-hybridized carbons (Fsp3) is 0.154. The van der Waals surface area contributed by atoms with E-state index in [1.54, 1.807) is 6.20 Å². The molecule has 0 radical (unpaired) electrons. The number of hydrogen-bond acceptors (Lipinski definition) is 3. The Hall–Kier alpha value is -1.23. The van der Waals surface area contributed by atoms with Crippen LogP contribution >= 0.6 is 15.9 Å². The van der Waals surface area contributed by atoms with E-state index >= 15 is 0 Å². The molecule has 3 nitrogen and oxygen atoms in total. The van der Waals surface area contributed by atoms with Gasteiger partial charge in [-0.3, -0.25) is 10.8 Å². The first-order chi connectivity index (χ1) is 8.22. The topological polar surface area (TPSA) is 50.9 Å². The van der Waals surface area contributed by atoms with Gasteiger partial charge in [0.1, 0.15) is 0 Å². The number of nitrogens with zero attached hydrogens (tertiary/aromatic N) is 1. The Labute approximate surface area is 109 Å². The monoisotopic (exact) mass is 291 g/mol. The molecule has 3 N–H and O–H groups in total. The SMILES string of the molecule is Cc1ccncc1C(NN)c1cccc(Br)c1. The van der Waals surface area contributed by atoms with Crippen LogP contribution in [0.5, 0.6) is 0 Å². The molecule has 88 valence electrons. The van der Waals surface area contributed by atoms with Gasteiger partial charge in [0.05, 0.1) is 6.04 Å². The Balaban J connectivity index is 2.44. The maximum atomic E-state index is 5.66. The van der Waals surface area contributed by atoms with Crippen molar-refractivity contribution < 1.29 is 0 Å². The third-order valence-electron chi connectivity index (χ3n) is 2.74. The van der Waals surface area contributed by atoms with Crippen LogP contribution < -0.4 is 11.3 Å². The van der Waals surface area contributed by atoms with Gasteiger partial charge in [0, 0.05) is 16.9 Å². The van der Waals surface area contributed by atoms with E-state index in [0.717, 1.165) is 15.6 Å². The molecule has 0 saturated heterocycles. The number of hydrogen-bond donors (Lipinski definition) is 2. The summed E-state index contributed by atoms with van der Waals surface area (Å²) < 4.78 is 1.04. The van der Waals surface area contributed by atoms with Crippen molar-refractivity contribution in [3.05, 3.63) is 63.9 Å². The highest BCUT2D eigenvalue weighted by molar-refractivity contribution is 9.10. The molecular weight excluding hydrogens is 278 g/mol. The fourth-order valence-electron chi connectivity index (χ4n) is 1.83. The number of nitrogens with two attached hydrogens (primary N) is 1. The summed E-state index contributed by atoms with van der Waals surface area (Å²) >= 11 is 3.47. The molecule has 1 unspecified atom stereocenters. The molecule has 1 aromatic carbocycles.